The van der Waals surface area contributed by atoms with E-state index >= 15 is 0 Å². The zero-order chi connectivity index (χ0) is 15.1. The van der Waals surface area contributed by atoms with E-state index in [0.717, 1.165) is 5.52 Å². The van der Waals surface area contributed by atoms with Crippen LogP contribution in [0.5, 0.6) is 11.5 Å². The average molecular weight is 344 g/mol. The SMILES string of the molecule is COc1ccc2nc(-c3c(O)c(Cl)cc(Cl)c3Cl)[nH]c2c1. The van der Waals surface area contributed by atoms with Crippen LogP contribution in [0.1, 0.15) is 0 Å². The highest BCUT2D eigenvalue weighted by molar-refractivity contribution is 6.45. The molecule has 0 amide bonds. The summed E-state index contributed by atoms with van der Waals surface area (Å²) in [5.74, 6) is 0.902. The zero-order valence-electron chi connectivity index (χ0n) is 10.7. The molecule has 3 aromatic rings. The molecule has 2 N–H and O–H groups in total. The average Bonchev–Trinajstić information content (AvgIpc) is 2.87. The van der Waals surface area contributed by atoms with Crippen molar-refractivity contribution in [2.75, 3.05) is 7.11 Å². The maximum absolute atomic E-state index is 10.1. The topological polar surface area (TPSA) is 58.1 Å². The monoisotopic (exact) mass is 342 g/mol. The van der Waals surface area contributed by atoms with Crippen molar-refractivity contribution < 1.29 is 9.84 Å². The van der Waals surface area contributed by atoms with E-state index in [4.69, 9.17) is 39.5 Å². The number of halogens is 3. The smallest absolute Gasteiger partial charge is 0.146 e. The summed E-state index contributed by atoms with van der Waals surface area (Å²) < 4.78 is 5.16. The van der Waals surface area contributed by atoms with Crippen LogP contribution < -0.4 is 4.74 Å². The lowest BCUT2D eigenvalue weighted by Crippen LogP contribution is -1.86. The number of aromatic nitrogens is 2. The molecule has 0 unspecified atom stereocenters. The van der Waals surface area contributed by atoms with Crippen LogP contribution in [0, 0.1) is 0 Å². The molecular weight excluding hydrogens is 335 g/mol. The largest absolute Gasteiger partial charge is 0.506 e. The molecule has 108 valence electrons. The maximum Gasteiger partial charge on any atom is 0.146 e. The molecule has 21 heavy (non-hydrogen) atoms. The predicted molar refractivity (Wildman–Crippen MR) is 84.8 cm³/mol. The van der Waals surface area contributed by atoms with Crippen molar-refractivity contribution in [3.8, 4) is 22.9 Å². The number of nitrogens with one attached hydrogen (secondary N) is 1. The number of hydrogen-bond acceptors (Lipinski definition) is 3. The first-order chi connectivity index (χ1) is 10.0. The van der Waals surface area contributed by atoms with Crippen LogP contribution in [-0.2, 0) is 0 Å². The van der Waals surface area contributed by atoms with Gasteiger partial charge in [-0.25, -0.2) is 4.98 Å². The lowest BCUT2D eigenvalue weighted by molar-refractivity contribution is 0.415. The molecule has 0 atom stereocenters. The number of fused-ring (bicyclic) bond motifs is 1. The molecule has 0 bridgehead atoms. The van der Waals surface area contributed by atoms with Gasteiger partial charge in [-0.15, -0.1) is 0 Å². The number of aromatic hydroxyl groups is 1. The molecule has 2 aromatic carbocycles. The number of ether oxygens (including phenoxy) is 1. The number of phenols is 1. The fraction of sp³-hybridized carbons (Fsp3) is 0.0714. The summed E-state index contributed by atoms with van der Waals surface area (Å²) in [4.78, 5) is 7.46. The summed E-state index contributed by atoms with van der Waals surface area (Å²) in [5, 5.41) is 10.7. The van der Waals surface area contributed by atoms with E-state index in [0.29, 0.717) is 17.1 Å². The van der Waals surface area contributed by atoms with E-state index < -0.39 is 0 Å². The first-order valence-corrected chi connectivity index (χ1v) is 7.05. The molecule has 7 heteroatoms. The second-order valence-electron chi connectivity index (χ2n) is 4.35. The van der Waals surface area contributed by atoms with Crippen molar-refractivity contribution in [2.45, 2.75) is 0 Å². The zero-order valence-corrected chi connectivity index (χ0v) is 13.0. The van der Waals surface area contributed by atoms with Crippen molar-refractivity contribution in [1.29, 1.82) is 0 Å². The molecule has 0 saturated carbocycles. The molecule has 0 radical (unpaired) electrons. The number of phenolic OH excluding ortho intramolecular Hbond substituents is 1. The van der Waals surface area contributed by atoms with Gasteiger partial charge in [0.1, 0.15) is 17.3 Å². The Morgan fingerprint density at radius 2 is 1.90 bits per heavy atom. The van der Waals surface area contributed by atoms with Gasteiger partial charge in [0.25, 0.3) is 0 Å². The van der Waals surface area contributed by atoms with Crippen LogP contribution in [-0.4, -0.2) is 22.2 Å². The Bertz CT molecular complexity index is 820. The minimum Gasteiger partial charge on any atom is -0.506 e. The van der Waals surface area contributed by atoms with Gasteiger partial charge in [-0.05, 0) is 18.2 Å². The van der Waals surface area contributed by atoms with E-state index in [1.165, 1.54) is 6.07 Å². The maximum atomic E-state index is 10.1. The van der Waals surface area contributed by atoms with Gasteiger partial charge in [0.15, 0.2) is 0 Å². The highest BCUT2D eigenvalue weighted by Crippen LogP contribution is 2.44. The molecule has 0 aliphatic heterocycles. The minimum absolute atomic E-state index is 0.109. The van der Waals surface area contributed by atoms with E-state index in [2.05, 4.69) is 9.97 Å². The second-order valence-corrected chi connectivity index (χ2v) is 5.54. The Morgan fingerprint density at radius 3 is 2.62 bits per heavy atom. The van der Waals surface area contributed by atoms with Crippen LogP contribution in [0.25, 0.3) is 22.4 Å². The molecular formula is C14H9Cl3N2O2. The van der Waals surface area contributed by atoms with Crippen molar-refractivity contribution in [1.82, 2.24) is 9.97 Å². The van der Waals surface area contributed by atoms with Gasteiger partial charge in [0.05, 0.1) is 38.8 Å². The third kappa shape index (κ3) is 2.39. The molecule has 0 fully saturated rings. The van der Waals surface area contributed by atoms with Gasteiger partial charge in [-0.1, -0.05) is 34.8 Å². The summed E-state index contributed by atoms with van der Waals surface area (Å²) in [6.45, 7) is 0. The van der Waals surface area contributed by atoms with E-state index in [-0.39, 0.29) is 26.4 Å². The van der Waals surface area contributed by atoms with Crippen molar-refractivity contribution in [2.24, 2.45) is 0 Å². The third-order valence-electron chi connectivity index (χ3n) is 3.07. The Balaban J connectivity index is 2.26. The Labute approximate surface area is 135 Å². The van der Waals surface area contributed by atoms with E-state index in [9.17, 15) is 5.11 Å². The fourth-order valence-corrected chi connectivity index (χ4v) is 2.73. The number of aromatic amines is 1. The lowest BCUT2D eigenvalue weighted by Gasteiger charge is -2.07. The van der Waals surface area contributed by atoms with Gasteiger partial charge < -0.3 is 14.8 Å². The van der Waals surface area contributed by atoms with Gasteiger partial charge in [0, 0.05) is 6.07 Å². The number of H-pyrrole nitrogens is 1. The molecule has 3 rings (SSSR count). The summed E-state index contributed by atoms with van der Waals surface area (Å²) in [6, 6.07) is 6.77. The normalized spacial score (nSPS) is 11.0. The number of benzene rings is 2. The van der Waals surface area contributed by atoms with Crippen LogP contribution in [0.2, 0.25) is 15.1 Å². The van der Waals surface area contributed by atoms with Crippen LogP contribution in [0.15, 0.2) is 24.3 Å². The molecule has 0 aliphatic rings. The van der Waals surface area contributed by atoms with E-state index in [1.807, 2.05) is 0 Å². The number of nitrogens with zero attached hydrogens (tertiary/aromatic N) is 1. The first-order valence-electron chi connectivity index (χ1n) is 5.92. The van der Waals surface area contributed by atoms with Crippen molar-refractivity contribution >= 4 is 45.8 Å². The Morgan fingerprint density at radius 1 is 1.14 bits per heavy atom. The molecule has 0 aliphatic carbocycles. The lowest BCUT2D eigenvalue weighted by atomic mass is 10.2. The highest BCUT2D eigenvalue weighted by atomic mass is 35.5. The Kier molecular flexibility index (Phi) is 3.61. The van der Waals surface area contributed by atoms with Gasteiger partial charge >= 0.3 is 0 Å². The first kappa shape index (κ1) is 14.3. The summed E-state index contributed by atoms with van der Waals surface area (Å²) in [5.41, 5.74) is 1.72. The van der Waals surface area contributed by atoms with Gasteiger partial charge in [0.2, 0.25) is 0 Å². The molecule has 0 spiro atoms. The van der Waals surface area contributed by atoms with Crippen LogP contribution in [0.4, 0.5) is 0 Å². The molecule has 1 heterocycles. The third-order valence-corrected chi connectivity index (χ3v) is 4.15. The summed E-state index contributed by atoms with van der Waals surface area (Å²) in [7, 11) is 1.58. The minimum atomic E-state index is -0.169. The van der Waals surface area contributed by atoms with E-state index in [1.54, 1.807) is 25.3 Å². The number of methoxy groups -OCH3 is 1. The second kappa shape index (κ2) is 5.30. The summed E-state index contributed by atoms with van der Waals surface area (Å²) >= 11 is 18.1. The standard InChI is InChI=1S/C14H9Cl3N2O2/c1-21-6-2-3-9-10(4-6)19-14(18-9)11-12(17)7(15)5-8(16)13(11)20/h2-5,20H,1H3,(H,18,19). The number of imidazole rings is 1. The number of hydrogen-bond donors (Lipinski definition) is 2. The van der Waals surface area contributed by atoms with Crippen LogP contribution in [0.3, 0.4) is 0 Å². The van der Waals surface area contributed by atoms with Gasteiger partial charge in [-0.3, -0.25) is 0 Å². The summed E-state index contributed by atoms with van der Waals surface area (Å²) in [6.07, 6.45) is 0. The Hall–Kier alpha value is -1.62. The predicted octanol–water partition coefficient (Wildman–Crippen LogP) is 4.90. The molecule has 1 aromatic heterocycles. The van der Waals surface area contributed by atoms with Crippen molar-refractivity contribution in [3.63, 3.8) is 0 Å². The quantitative estimate of drug-likeness (QED) is 0.650. The van der Waals surface area contributed by atoms with Crippen molar-refractivity contribution in [3.05, 3.63) is 39.3 Å². The van der Waals surface area contributed by atoms with Crippen LogP contribution >= 0.6 is 34.8 Å². The number of rotatable bonds is 2. The fourth-order valence-electron chi connectivity index (χ4n) is 2.04. The molecule has 4 nitrogen and oxygen atoms in total. The highest BCUT2D eigenvalue weighted by Gasteiger charge is 2.19. The molecule has 0 saturated heterocycles. The van der Waals surface area contributed by atoms with Gasteiger partial charge in [-0.2, -0.15) is 0 Å².